The molecule has 4 nitrogen and oxygen atoms in total. The maximum absolute atomic E-state index is 13.0. The second-order valence-electron chi connectivity index (χ2n) is 8.34. The van der Waals surface area contributed by atoms with Crippen LogP contribution in [-0.4, -0.2) is 29.4 Å². The first-order valence-electron chi connectivity index (χ1n) is 10.3. The summed E-state index contributed by atoms with van der Waals surface area (Å²) in [4.78, 5) is 14.7. The van der Waals surface area contributed by atoms with Crippen LogP contribution in [0.1, 0.15) is 42.4 Å². The number of amides is 1. The molecule has 7 heteroatoms. The van der Waals surface area contributed by atoms with Crippen molar-refractivity contribution in [1.29, 1.82) is 0 Å². The first-order chi connectivity index (χ1) is 14.3. The molecule has 160 valence electrons. The summed E-state index contributed by atoms with van der Waals surface area (Å²) in [7, 11) is 0. The third-order valence-electron chi connectivity index (χ3n) is 6.09. The van der Waals surface area contributed by atoms with E-state index >= 15 is 0 Å². The normalized spacial score (nSPS) is 23.0. The number of carbonyl (C=O) groups excluding carboxylic acids is 1. The van der Waals surface area contributed by atoms with Crippen molar-refractivity contribution < 1.29 is 18.0 Å². The summed E-state index contributed by atoms with van der Waals surface area (Å²) in [5.74, 6) is 0.0309. The SMILES string of the molecule is O=C1CC2(CCCN(Cc3cccc(C(F)(F)F)c3)CC2)Nc2ccccc2CN1. The lowest BCUT2D eigenvalue weighted by atomic mass is 9.85. The lowest BCUT2D eigenvalue weighted by molar-refractivity contribution is -0.137. The Labute approximate surface area is 174 Å². The molecule has 2 N–H and O–H groups in total. The van der Waals surface area contributed by atoms with Gasteiger partial charge in [-0.3, -0.25) is 9.69 Å². The van der Waals surface area contributed by atoms with Crippen molar-refractivity contribution in [3.63, 3.8) is 0 Å². The molecule has 4 rings (SSSR count). The van der Waals surface area contributed by atoms with E-state index in [1.807, 2.05) is 24.3 Å². The zero-order valence-electron chi connectivity index (χ0n) is 16.8. The minimum absolute atomic E-state index is 0.0309. The number of nitrogens with zero attached hydrogens (tertiary/aromatic N) is 1. The monoisotopic (exact) mass is 417 g/mol. The fraction of sp³-hybridized carbons (Fsp3) is 0.435. The minimum atomic E-state index is -4.33. The van der Waals surface area contributed by atoms with Gasteiger partial charge in [-0.1, -0.05) is 36.4 Å². The lowest BCUT2D eigenvalue weighted by Gasteiger charge is -2.37. The van der Waals surface area contributed by atoms with E-state index in [1.54, 1.807) is 6.07 Å². The van der Waals surface area contributed by atoms with Crippen molar-refractivity contribution in [3.05, 3.63) is 65.2 Å². The third-order valence-corrected chi connectivity index (χ3v) is 6.09. The highest BCUT2D eigenvalue weighted by Crippen LogP contribution is 2.34. The molecule has 2 aromatic carbocycles. The topological polar surface area (TPSA) is 44.4 Å². The van der Waals surface area contributed by atoms with Gasteiger partial charge >= 0.3 is 6.18 Å². The van der Waals surface area contributed by atoms with E-state index in [9.17, 15) is 18.0 Å². The minimum Gasteiger partial charge on any atom is -0.379 e. The predicted octanol–water partition coefficient (Wildman–Crippen LogP) is 4.56. The number of para-hydroxylation sites is 1. The number of hydrogen-bond donors (Lipinski definition) is 2. The molecule has 1 atom stereocenters. The molecule has 2 aliphatic rings. The van der Waals surface area contributed by atoms with Gasteiger partial charge in [0.25, 0.3) is 0 Å². The maximum Gasteiger partial charge on any atom is 0.416 e. The molecular formula is C23H26F3N3O. The highest BCUT2D eigenvalue weighted by molar-refractivity contribution is 5.79. The molecule has 1 saturated heterocycles. The van der Waals surface area contributed by atoms with E-state index in [0.717, 1.165) is 49.7 Å². The van der Waals surface area contributed by atoms with Crippen LogP contribution in [0.25, 0.3) is 0 Å². The molecule has 0 aromatic heterocycles. The first kappa shape index (κ1) is 20.7. The molecule has 0 saturated carbocycles. The molecule has 30 heavy (non-hydrogen) atoms. The molecule has 2 heterocycles. The number of rotatable bonds is 2. The summed E-state index contributed by atoms with van der Waals surface area (Å²) in [6, 6.07) is 13.6. The van der Waals surface area contributed by atoms with Gasteiger partial charge in [0.15, 0.2) is 0 Å². The van der Waals surface area contributed by atoms with Crippen molar-refractivity contribution in [3.8, 4) is 0 Å². The van der Waals surface area contributed by atoms with E-state index in [4.69, 9.17) is 0 Å². The van der Waals surface area contributed by atoms with Crippen molar-refractivity contribution in [2.75, 3.05) is 18.4 Å². The number of halogens is 3. The van der Waals surface area contributed by atoms with Crippen molar-refractivity contribution in [2.24, 2.45) is 0 Å². The van der Waals surface area contributed by atoms with Crippen LogP contribution in [0.3, 0.4) is 0 Å². The number of benzene rings is 2. The quantitative estimate of drug-likeness (QED) is 0.753. The fourth-order valence-corrected chi connectivity index (χ4v) is 4.50. The second-order valence-corrected chi connectivity index (χ2v) is 8.34. The van der Waals surface area contributed by atoms with Gasteiger partial charge in [0.2, 0.25) is 5.91 Å². The number of alkyl halides is 3. The molecule has 1 spiro atoms. The fourth-order valence-electron chi connectivity index (χ4n) is 4.50. The maximum atomic E-state index is 13.0. The summed E-state index contributed by atoms with van der Waals surface area (Å²) in [5, 5.41) is 6.67. The number of nitrogens with one attached hydrogen (secondary N) is 2. The molecule has 0 aliphatic carbocycles. The lowest BCUT2D eigenvalue weighted by Crippen LogP contribution is -2.46. The third kappa shape index (κ3) is 4.78. The van der Waals surface area contributed by atoms with Crippen LogP contribution in [0.15, 0.2) is 48.5 Å². The summed E-state index contributed by atoms with van der Waals surface area (Å²) >= 11 is 0. The van der Waals surface area contributed by atoms with E-state index in [2.05, 4.69) is 15.5 Å². The Balaban J connectivity index is 1.49. The van der Waals surface area contributed by atoms with Gasteiger partial charge in [-0.05, 0) is 49.1 Å². The molecule has 1 amide bonds. The van der Waals surface area contributed by atoms with Crippen LogP contribution in [-0.2, 0) is 24.1 Å². The summed E-state index contributed by atoms with van der Waals surface area (Å²) in [6.07, 6.45) is -1.45. The van der Waals surface area contributed by atoms with Gasteiger partial charge < -0.3 is 10.6 Å². The van der Waals surface area contributed by atoms with Crippen LogP contribution in [0, 0.1) is 0 Å². The Kier molecular flexibility index (Phi) is 5.73. The predicted molar refractivity (Wildman–Crippen MR) is 110 cm³/mol. The van der Waals surface area contributed by atoms with Gasteiger partial charge in [-0.15, -0.1) is 0 Å². The molecule has 0 radical (unpaired) electrons. The van der Waals surface area contributed by atoms with Crippen molar-refractivity contribution in [1.82, 2.24) is 10.2 Å². The first-order valence-corrected chi connectivity index (χ1v) is 10.3. The van der Waals surface area contributed by atoms with Gasteiger partial charge in [0, 0.05) is 37.3 Å². The highest BCUT2D eigenvalue weighted by atomic mass is 19.4. The van der Waals surface area contributed by atoms with Crippen LogP contribution in [0.4, 0.5) is 18.9 Å². The summed E-state index contributed by atoms with van der Waals surface area (Å²) < 4.78 is 39.1. The number of anilines is 1. The molecule has 1 fully saturated rings. The average molecular weight is 417 g/mol. The van der Waals surface area contributed by atoms with Crippen LogP contribution in [0.2, 0.25) is 0 Å². The van der Waals surface area contributed by atoms with E-state index in [1.165, 1.54) is 12.1 Å². The molecule has 1 unspecified atom stereocenters. The number of hydrogen-bond acceptors (Lipinski definition) is 3. The molecule has 0 bridgehead atoms. The van der Waals surface area contributed by atoms with E-state index in [0.29, 0.717) is 25.1 Å². The smallest absolute Gasteiger partial charge is 0.379 e. The Morgan fingerprint density at radius 2 is 1.87 bits per heavy atom. The van der Waals surface area contributed by atoms with Crippen LogP contribution < -0.4 is 10.6 Å². The largest absolute Gasteiger partial charge is 0.416 e. The zero-order chi connectivity index (χ0) is 21.2. The Morgan fingerprint density at radius 1 is 1.03 bits per heavy atom. The van der Waals surface area contributed by atoms with Gasteiger partial charge in [0.1, 0.15) is 0 Å². The zero-order valence-corrected chi connectivity index (χ0v) is 16.8. The summed E-state index contributed by atoms with van der Waals surface area (Å²) in [5.41, 5.74) is 1.82. The number of likely N-dealkylation sites (tertiary alicyclic amines) is 1. The Bertz CT molecular complexity index is 915. The molecule has 2 aliphatic heterocycles. The standard InChI is InChI=1S/C23H26F3N3O/c24-23(25,26)19-7-3-5-17(13-19)16-29-11-4-9-22(10-12-29)14-21(30)27-15-18-6-1-2-8-20(18)28-22/h1-3,5-8,13,28H,4,9-12,14-16H2,(H,27,30). The highest BCUT2D eigenvalue weighted by Gasteiger charge is 2.36. The molecule has 2 aromatic rings. The van der Waals surface area contributed by atoms with Gasteiger partial charge in [-0.25, -0.2) is 0 Å². The number of carbonyl (C=O) groups is 1. The molecular weight excluding hydrogens is 391 g/mol. The van der Waals surface area contributed by atoms with Crippen LogP contribution >= 0.6 is 0 Å². The van der Waals surface area contributed by atoms with Crippen LogP contribution in [0.5, 0.6) is 0 Å². The van der Waals surface area contributed by atoms with Gasteiger partial charge in [0.05, 0.1) is 5.56 Å². The second kappa shape index (κ2) is 8.30. The van der Waals surface area contributed by atoms with Gasteiger partial charge in [-0.2, -0.15) is 13.2 Å². The Hall–Kier alpha value is -2.54. The van der Waals surface area contributed by atoms with Crippen molar-refractivity contribution in [2.45, 2.75) is 50.5 Å². The van der Waals surface area contributed by atoms with E-state index in [-0.39, 0.29) is 11.4 Å². The summed E-state index contributed by atoms with van der Waals surface area (Å²) in [6.45, 7) is 2.50. The number of fused-ring (bicyclic) bond motifs is 1. The van der Waals surface area contributed by atoms with Crippen molar-refractivity contribution >= 4 is 11.6 Å². The van der Waals surface area contributed by atoms with E-state index < -0.39 is 11.7 Å². The average Bonchev–Trinajstić information content (AvgIpc) is 2.88. The Morgan fingerprint density at radius 3 is 2.70 bits per heavy atom.